The molecule has 0 aromatic carbocycles. The van der Waals surface area contributed by atoms with E-state index in [4.69, 9.17) is 9.84 Å². The summed E-state index contributed by atoms with van der Waals surface area (Å²) >= 11 is 0. The number of aliphatic carboxylic acids is 1. The smallest absolute Gasteiger partial charge is 0.326 e. The molecule has 0 aromatic rings. The molecular formula is C11H22N2O4. The second kappa shape index (κ2) is 8.95. The number of amides is 1. The summed E-state index contributed by atoms with van der Waals surface area (Å²) in [7, 11) is 1.49. The number of hydrogen-bond donors (Lipinski definition) is 3. The van der Waals surface area contributed by atoms with E-state index in [-0.39, 0.29) is 24.8 Å². The number of ether oxygens (including phenoxy) is 1. The van der Waals surface area contributed by atoms with Gasteiger partial charge in [-0.25, -0.2) is 4.79 Å². The number of nitrogens with one attached hydrogen (secondary N) is 2. The zero-order valence-electron chi connectivity index (χ0n) is 10.7. The van der Waals surface area contributed by atoms with E-state index >= 15 is 0 Å². The van der Waals surface area contributed by atoms with Gasteiger partial charge in [0.05, 0.1) is 0 Å². The Balaban J connectivity index is 4.07. The Hall–Kier alpha value is -1.14. The molecule has 2 unspecified atom stereocenters. The third kappa shape index (κ3) is 7.70. The molecule has 0 aliphatic heterocycles. The molecule has 0 radical (unpaired) electrons. The summed E-state index contributed by atoms with van der Waals surface area (Å²) in [6.45, 7) is 4.92. The fourth-order valence-corrected chi connectivity index (χ4v) is 1.45. The van der Waals surface area contributed by atoms with Crippen molar-refractivity contribution < 1.29 is 19.4 Å². The number of carbonyl (C=O) groups is 2. The SMILES string of the molecule is CCNC(C)CC(=O)NC(CCOC)C(=O)O. The van der Waals surface area contributed by atoms with Crippen LogP contribution in [0.3, 0.4) is 0 Å². The minimum atomic E-state index is -1.04. The van der Waals surface area contributed by atoms with E-state index in [1.54, 1.807) is 0 Å². The standard InChI is InChI=1S/C11H22N2O4/c1-4-12-8(2)7-10(14)13-9(11(15)16)5-6-17-3/h8-9,12H,4-7H2,1-3H3,(H,13,14)(H,15,16). The second-order valence-corrected chi connectivity index (χ2v) is 3.90. The van der Waals surface area contributed by atoms with Crippen LogP contribution < -0.4 is 10.6 Å². The van der Waals surface area contributed by atoms with Gasteiger partial charge in [0.1, 0.15) is 6.04 Å². The van der Waals surface area contributed by atoms with E-state index in [0.717, 1.165) is 6.54 Å². The van der Waals surface area contributed by atoms with Crippen LogP contribution in [0.4, 0.5) is 0 Å². The van der Waals surface area contributed by atoms with Crippen molar-refractivity contribution in [2.75, 3.05) is 20.3 Å². The number of methoxy groups -OCH3 is 1. The normalized spacial score (nSPS) is 14.1. The first-order chi connectivity index (χ1) is 8.01. The first-order valence-electron chi connectivity index (χ1n) is 5.75. The molecule has 0 aliphatic carbocycles. The molecule has 0 fully saturated rings. The van der Waals surface area contributed by atoms with Gasteiger partial charge in [-0.15, -0.1) is 0 Å². The van der Waals surface area contributed by atoms with Crippen LogP contribution in [0, 0.1) is 0 Å². The van der Waals surface area contributed by atoms with Gasteiger partial charge in [-0.1, -0.05) is 6.92 Å². The Morgan fingerprint density at radius 2 is 2.06 bits per heavy atom. The van der Waals surface area contributed by atoms with Gasteiger partial charge in [0.15, 0.2) is 0 Å². The van der Waals surface area contributed by atoms with Gasteiger partial charge < -0.3 is 20.5 Å². The highest BCUT2D eigenvalue weighted by atomic mass is 16.5. The van der Waals surface area contributed by atoms with Crippen LogP contribution in [0.1, 0.15) is 26.7 Å². The van der Waals surface area contributed by atoms with Crippen molar-refractivity contribution in [3.05, 3.63) is 0 Å². The van der Waals surface area contributed by atoms with Gasteiger partial charge in [-0.2, -0.15) is 0 Å². The Morgan fingerprint density at radius 3 is 2.53 bits per heavy atom. The minimum Gasteiger partial charge on any atom is -0.480 e. The number of rotatable bonds is 9. The maximum absolute atomic E-state index is 11.6. The van der Waals surface area contributed by atoms with Gasteiger partial charge >= 0.3 is 5.97 Å². The van der Waals surface area contributed by atoms with Crippen molar-refractivity contribution >= 4 is 11.9 Å². The second-order valence-electron chi connectivity index (χ2n) is 3.90. The van der Waals surface area contributed by atoms with Gasteiger partial charge in [0.2, 0.25) is 5.91 Å². The van der Waals surface area contributed by atoms with Crippen molar-refractivity contribution in [2.45, 2.75) is 38.8 Å². The number of hydrogen-bond acceptors (Lipinski definition) is 4. The Bertz CT molecular complexity index is 246. The molecule has 0 aliphatic rings. The Morgan fingerprint density at radius 1 is 1.41 bits per heavy atom. The quantitative estimate of drug-likeness (QED) is 0.532. The molecule has 17 heavy (non-hydrogen) atoms. The lowest BCUT2D eigenvalue weighted by atomic mass is 10.2. The van der Waals surface area contributed by atoms with Crippen molar-refractivity contribution in [2.24, 2.45) is 0 Å². The molecule has 6 heteroatoms. The Kier molecular flexibility index (Phi) is 8.35. The lowest BCUT2D eigenvalue weighted by Gasteiger charge is -2.16. The monoisotopic (exact) mass is 246 g/mol. The largest absolute Gasteiger partial charge is 0.480 e. The minimum absolute atomic E-state index is 0.0388. The molecule has 0 saturated carbocycles. The highest BCUT2D eigenvalue weighted by Gasteiger charge is 2.20. The van der Waals surface area contributed by atoms with Crippen molar-refractivity contribution in [3.63, 3.8) is 0 Å². The average molecular weight is 246 g/mol. The molecule has 1 amide bonds. The van der Waals surface area contributed by atoms with Crippen LogP contribution in [-0.4, -0.2) is 49.3 Å². The third-order valence-corrected chi connectivity index (χ3v) is 2.29. The van der Waals surface area contributed by atoms with Crippen LogP contribution in [-0.2, 0) is 14.3 Å². The number of carboxylic acids is 1. The average Bonchev–Trinajstić information content (AvgIpc) is 2.23. The van der Waals surface area contributed by atoms with Crippen LogP contribution in [0.2, 0.25) is 0 Å². The molecule has 0 aromatic heterocycles. The summed E-state index contributed by atoms with van der Waals surface area (Å²) in [5, 5.41) is 14.5. The van der Waals surface area contributed by atoms with Crippen molar-refractivity contribution in [1.82, 2.24) is 10.6 Å². The fourth-order valence-electron chi connectivity index (χ4n) is 1.45. The predicted octanol–water partition coefficient (Wildman–Crippen LogP) is -0.0196. The first kappa shape index (κ1) is 15.9. The van der Waals surface area contributed by atoms with Gasteiger partial charge in [0.25, 0.3) is 0 Å². The zero-order valence-corrected chi connectivity index (χ0v) is 10.7. The summed E-state index contributed by atoms with van der Waals surface area (Å²) in [5.74, 6) is -1.30. The summed E-state index contributed by atoms with van der Waals surface area (Å²) in [6, 6.07) is -0.840. The summed E-state index contributed by atoms with van der Waals surface area (Å²) in [6.07, 6.45) is 0.539. The van der Waals surface area contributed by atoms with E-state index in [1.165, 1.54) is 7.11 Å². The van der Waals surface area contributed by atoms with Crippen LogP contribution >= 0.6 is 0 Å². The van der Waals surface area contributed by atoms with Gasteiger partial charge in [0, 0.05) is 32.6 Å². The van der Waals surface area contributed by atoms with E-state index in [2.05, 4.69) is 10.6 Å². The van der Waals surface area contributed by atoms with Crippen LogP contribution in [0.5, 0.6) is 0 Å². The van der Waals surface area contributed by atoms with E-state index in [0.29, 0.717) is 6.61 Å². The topological polar surface area (TPSA) is 87.7 Å². The molecular weight excluding hydrogens is 224 g/mol. The highest BCUT2D eigenvalue weighted by molar-refractivity contribution is 5.83. The zero-order chi connectivity index (χ0) is 13.3. The Labute approximate surface area is 102 Å². The lowest BCUT2D eigenvalue weighted by Crippen LogP contribution is -2.43. The maximum atomic E-state index is 11.6. The molecule has 2 atom stereocenters. The van der Waals surface area contributed by atoms with Crippen molar-refractivity contribution in [1.29, 1.82) is 0 Å². The predicted molar refractivity (Wildman–Crippen MR) is 63.8 cm³/mol. The van der Waals surface area contributed by atoms with Gasteiger partial charge in [-0.3, -0.25) is 4.79 Å². The van der Waals surface area contributed by atoms with Crippen LogP contribution in [0.15, 0.2) is 0 Å². The third-order valence-electron chi connectivity index (χ3n) is 2.29. The van der Waals surface area contributed by atoms with Crippen molar-refractivity contribution in [3.8, 4) is 0 Å². The summed E-state index contributed by atoms with van der Waals surface area (Å²) in [5.41, 5.74) is 0. The lowest BCUT2D eigenvalue weighted by molar-refractivity contribution is -0.142. The molecule has 0 spiro atoms. The first-order valence-corrected chi connectivity index (χ1v) is 5.75. The molecule has 0 rings (SSSR count). The molecule has 0 bridgehead atoms. The number of carbonyl (C=O) groups excluding carboxylic acids is 1. The van der Waals surface area contributed by atoms with E-state index in [1.807, 2.05) is 13.8 Å². The summed E-state index contributed by atoms with van der Waals surface area (Å²) < 4.78 is 4.80. The molecule has 100 valence electrons. The molecule has 3 N–H and O–H groups in total. The van der Waals surface area contributed by atoms with E-state index < -0.39 is 12.0 Å². The highest BCUT2D eigenvalue weighted by Crippen LogP contribution is 1.96. The van der Waals surface area contributed by atoms with Crippen LogP contribution in [0.25, 0.3) is 0 Å². The van der Waals surface area contributed by atoms with E-state index in [9.17, 15) is 9.59 Å². The number of carboxylic acid groups (broad SMARTS) is 1. The summed E-state index contributed by atoms with van der Waals surface area (Å²) in [4.78, 5) is 22.4. The maximum Gasteiger partial charge on any atom is 0.326 e. The molecule has 0 heterocycles. The van der Waals surface area contributed by atoms with Gasteiger partial charge in [-0.05, 0) is 13.5 Å². The molecule has 0 saturated heterocycles. The fraction of sp³-hybridized carbons (Fsp3) is 0.818. The molecule has 6 nitrogen and oxygen atoms in total.